The molecule has 0 fully saturated rings. The molecule has 1 heterocycles. The van der Waals surface area contributed by atoms with Gasteiger partial charge in [-0.3, -0.25) is 14.6 Å². The molecular formula is C22H29N3O3. The normalized spacial score (nSPS) is 23.6. The number of fused-ring (bicyclic) bond motifs is 1. The largest absolute Gasteiger partial charge is 0.496 e. The summed E-state index contributed by atoms with van der Waals surface area (Å²) in [6.45, 7) is 7.70. The number of amides is 2. The van der Waals surface area contributed by atoms with Crippen LogP contribution in [0.2, 0.25) is 0 Å². The second-order valence-corrected chi connectivity index (χ2v) is 8.51. The van der Waals surface area contributed by atoms with E-state index in [4.69, 9.17) is 4.74 Å². The molecule has 3 unspecified atom stereocenters. The minimum Gasteiger partial charge on any atom is -0.496 e. The summed E-state index contributed by atoms with van der Waals surface area (Å²) in [5.74, 6) is 0.0696. The summed E-state index contributed by atoms with van der Waals surface area (Å²) in [4.78, 5) is 29.9. The van der Waals surface area contributed by atoms with Gasteiger partial charge in [0.05, 0.1) is 19.1 Å². The number of rotatable bonds is 4. The Labute approximate surface area is 166 Å². The molecule has 1 aromatic rings. The molecule has 0 aromatic heterocycles. The first kappa shape index (κ1) is 20.1. The third-order valence-electron chi connectivity index (χ3n) is 5.25. The molecule has 1 aliphatic heterocycles. The van der Waals surface area contributed by atoms with Crippen LogP contribution in [0.3, 0.4) is 0 Å². The van der Waals surface area contributed by atoms with Crippen molar-refractivity contribution in [3.05, 3.63) is 41.6 Å². The van der Waals surface area contributed by atoms with E-state index in [1.165, 1.54) is 5.56 Å². The van der Waals surface area contributed by atoms with Gasteiger partial charge >= 0.3 is 0 Å². The minimum absolute atomic E-state index is 0.0396. The second kappa shape index (κ2) is 7.78. The molecule has 2 N–H and O–H groups in total. The molecule has 6 heteroatoms. The number of aryl methyl sites for hydroxylation is 1. The Hall–Kier alpha value is -2.63. The zero-order chi connectivity index (χ0) is 20.5. The number of methoxy groups -OCH3 is 1. The SMILES string of the molecule is COc1cccc2c1C(C(=O)NC1C=CN=C(C(=O)NC(C)(C)C)C1C)CC2. The first-order chi connectivity index (χ1) is 13.2. The summed E-state index contributed by atoms with van der Waals surface area (Å²) >= 11 is 0. The minimum atomic E-state index is -0.344. The van der Waals surface area contributed by atoms with Crippen molar-refractivity contribution in [1.82, 2.24) is 10.6 Å². The van der Waals surface area contributed by atoms with Crippen LogP contribution in [0.5, 0.6) is 5.75 Å². The van der Waals surface area contributed by atoms with Crippen molar-refractivity contribution in [2.24, 2.45) is 10.9 Å². The van der Waals surface area contributed by atoms with Gasteiger partial charge in [-0.05, 0) is 51.3 Å². The van der Waals surface area contributed by atoms with E-state index in [9.17, 15) is 9.59 Å². The topological polar surface area (TPSA) is 79.8 Å². The fraction of sp³-hybridized carbons (Fsp3) is 0.500. The van der Waals surface area contributed by atoms with Crippen LogP contribution in [0.15, 0.2) is 35.5 Å². The van der Waals surface area contributed by atoms with Crippen LogP contribution >= 0.6 is 0 Å². The highest BCUT2D eigenvalue weighted by molar-refractivity contribution is 6.40. The van der Waals surface area contributed by atoms with Crippen molar-refractivity contribution in [1.29, 1.82) is 0 Å². The van der Waals surface area contributed by atoms with Gasteiger partial charge in [0.25, 0.3) is 5.91 Å². The van der Waals surface area contributed by atoms with Gasteiger partial charge in [0.2, 0.25) is 5.91 Å². The molecule has 0 bridgehead atoms. The second-order valence-electron chi connectivity index (χ2n) is 8.51. The predicted octanol–water partition coefficient (Wildman–Crippen LogP) is 2.73. The molecule has 3 atom stereocenters. The van der Waals surface area contributed by atoms with Gasteiger partial charge in [-0.15, -0.1) is 0 Å². The first-order valence-electron chi connectivity index (χ1n) is 9.74. The van der Waals surface area contributed by atoms with E-state index in [1.54, 1.807) is 13.3 Å². The zero-order valence-electron chi connectivity index (χ0n) is 17.2. The number of hydrogen-bond donors (Lipinski definition) is 2. The highest BCUT2D eigenvalue weighted by Crippen LogP contribution is 2.39. The lowest BCUT2D eigenvalue weighted by atomic mass is 9.91. The number of carbonyl (C=O) groups is 2. The van der Waals surface area contributed by atoms with Crippen LogP contribution in [0, 0.1) is 5.92 Å². The maximum Gasteiger partial charge on any atom is 0.266 e. The quantitative estimate of drug-likeness (QED) is 0.839. The van der Waals surface area contributed by atoms with Gasteiger partial charge in [0.1, 0.15) is 11.5 Å². The van der Waals surface area contributed by atoms with E-state index in [2.05, 4.69) is 21.7 Å². The molecule has 0 saturated heterocycles. The van der Waals surface area contributed by atoms with Gasteiger partial charge in [-0.2, -0.15) is 0 Å². The Morgan fingerprint density at radius 2 is 2.00 bits per heavy atom. The average Bonchev–Trinajstić information content (AvgIpc) is 3.06. The number of nitrogens with zero attached hydrogens (tertiary/aromatic N) is 1. The van der Waals surface area contributed by atoms with E-state index in [0.717, 1.165) is 24.2 Å². The lowest BCUT2D eigenvalue weighted by molar-refractivity contribution is -0.123. The van der Waals surface area contributed by atoms with E-state index < -0.39 is 0 Å². The van der Waals surface area contributed by atoms with Gasteiger partial charge in [-0.1, -0.05) is 19.1 Å². The van der Waals surface area contributed by atoms with Crippen LogP contribution in [0.25, 0.3) is 0 Å². The summed E-state index contributed by atoms with van der Waals surface area (Å²) < 4.78 is 5.48. The molecular weight excluding hydrogens is 354 g/mol. The number of aliphatic imine (C=N–C) groups is 1. The molecule has 6 nitrogen and oxygen atoms in total. The summed E-state index contributed by atoms with van der Waals surface area (Å²) in [6, 6.07) is 5.63. The summed E-state index contributed by atoms with van der Waals surface area (Å²) in [5, 5.41) is 6.05. The number of benzene rings is 1. The Morgan fingerprint density at radius 1 is 1.25 bits per heavy atom. The van der Waals surface area contributed by atoms with Crippen LogP contribution in [-0.4, -0.2) is 36.2 Å². The average molecular weight is 383 g/mol. The van der Waals surface area contributed by atoms with E-state index in [1.807, 2.05) is 45.9 Å². The van der Waals surface area contributed by atoms with Crippen molar-refractivity contribution in [3.8, 4) is 5.75 Å². The monoisotopic (exact) mass is 383 g/mol. The Bertz CT molecular complexity index is 836. The molecule has 0 spiro atoms. The maximum atomic E-state index is 13.1. The first-order valence-corrected chi connectivity index (χ1v) is 9.74. The van der Waals surface area contributed by atoms with Gasteiger partial charge in [0, 0.05) is 23.2 Å². The lowest BCUT2D eigenvalue weighted by Crippen LogP contribution is -2.51. The Morgan fingerprint density at radius 3 is 2.68 bits per heavy atom. The lowest BCUT2D eigenvalue weighted by Gasteiger charge is -2.29. The maximum absolute atomic E-state index is 13.1. The number of hydrogen-bond acceptors (Lipinski definition) is 4. The number of carbonyl (C=O) groups excluding carboxylic acids is 2. The predicted molar refractivity (Wildman–Crippen MR) is 110 cm³/mol. The molecule has 2 amide bonds. The molecule has 0 saturated carbocycles. The standard InChI is InChI=1S/C22H29N3O3/c1-13-16(11-12-23-19(13)21(27)25-22(2,3)4)24-20(26)15-10-9-14-7-6-8-17(28-5)18(14)15/h6-8,11-13,15-16H,9-10H2,1-5H3,(H,24,26)(H,25,27). The van der Waals surface area contributed by atoms with Crippen molar-refractivity contribution in [2.75, 3.05) is 7.11 Å². The Kier molecular flexibility index (Phi) is 5.59. The molecule has 1 aliphatic carbocycles. The Balaban J connectivity index is 1.72. The van der Waals surface area contributed by atoms with Crippen LogP contribution in [0.4, 0.5) is 0 Å². The molecule has 1 aromatic carbocycles. The van der Waals surface area contributed by atoms with Crippen LogP contribution in [0.1, 0.15) is 51.2 Å². The summed E-state index contributed by atoms with van der Waals surface area (Å²) in [6.07, 6.45) is 5.07. The van der Waals surface area contributed by atoms with Crippen LogP contribution < -0.4 is 15.4 Å². The van der Waals surface area contributed by atoms with Crippen molar-refractivity contribution < 1.29 is 14.3 Å². The van der Waals surface area contributed by atoms with E-state index in [-0.39, 0.29) is 35.2 Å². The third-order valence-corrected chi connectivity index (χ3v) is 5.25. The molecule has 28 heavy (non-hydrogen) atoms. The highest BCUT2D eigenvalue weighted by atomic mass is 16.5. The molecule has 0 radical (unpaired) electrons. The van der Waals surface area contributed by atoms with Crippen molar-refractivity contribution >= 4 is 17.5 Å². The fourth-order valence-electron chi connectivity index (χ4n) is 3.87. The van der Waals surface area contributed by atoms with Gasteiger partial charge in [0.15, 0.2) is 0 Å². The van der Waals surface area contributed by atoms with Gasteiger partial charge in [-0.25, -0.2) is 0 Å². The summed E-state index contributed by atoms with van der Waals surface area (Å²) in [5.41, 5.74) is 2.24. The molecule has 2 aliphatic rings. The smallest absolute Gasteiger partial charge is 0.266 e. The fourth-order valence-corrected chi connectivity index (χ4v) is 3.87. The van der Waals surface area contributed by atoms with Crippen molar-refractivity contribution in [3.63, 3.8) is 0 Å². The number of nitrogens with one attached hydrogen (secondary N) is 2. The van der Waals surface area contributed by atoms with Crippen molar-refractivity contribution in [2.45, 2.75) is 58.0 Å². The summed E-state index contributed by atoms with van der Waals surface area (Å²) in [7, 11) is 1.63. The highest BCUT2D eigenvalue weighted by Gasteiger charge is 2.35. The van der Waals surface area contributed by atoms with E-state index >= 15 is 0 Å². The van der Waals surface area contributed by atoms with Crippen LogP contribution in [-0.2, 0) is 16.0 Å². The van der Waals surface area contributed by atoms with Gasteiger partial charge < -0.3 is 15.4 Å². The number of ether oxygens (including phenoxy) is 1. The molecule has 150 valence electrons. The zero-order valence-corrected chi connectivity index (χ0v) is 17.2. The third kappa shape index (κ3) is 4.11. The van der Waals surface area contributed by atoms with E-state index in [0.29, 0.717) is 5.71 Å². The molecule has 3 rings (SSSR count).